The third-order valence-electron chi connectivity index (χ3n) is 4.35. The normalized spacial score (nSPS) is 23.1. The number of thiazole rings is 1. The highest BCUT2D eigenvalue weighted by molar-refractivity contribution is 7.12. The molecule has 1 aromatic heterocycles. The van der Waals surface area contributed by atoms with E-state index in [1.165, 1.54) is 25.7 Å². The van der Waals surface area contributed by atoms with Gasteiger partial charge in [0.25, 0.3) is 0 Å². The van der Waals surface area contributed by atoms with E-state index in [0.717, 1.165) is 21.7 Å². The molecule has 20 heavy (non-hydrogen) atoms. The van der Waals surface area contributed by atoms with Crippen molar-refractivity contribution in [1.29, 1.82) is 0 Å². The molecule has 0 saturated heterocycles. The van der Waals surface area contributed by atoms with Gasteiger partial charge in [-0.2, -0.15) is 0 Å². The minimum Gasteiger partial charge on any atom is -0.461 e. The number of carbonyl (C=O) groups is 1. The van der Waals surface area contributed by atoms with Crippen LogP contribution in [0.15, 0.2) is 0 Å². The number of ether oxygens (including phenoxy) is 1. The van der Waals surface area contributed by atoms with Gasteiger partial charge in [0.15, 0.2) is 5.69 Å². The van der Waals surface area contributed by atoms with Crippen molar-refractivity contribution in [3.05, 3.63) is 15.6 Å². The van der Waals surface area contributed by atoms with Gasteiger partial charge in [0.1, 0.15) is 0 Å². The summed E-state index contributed by atoms with van der Waals surface area (Å²) in [5.74, 6) is 1.90. The molecule has 3 nitrogen and oxygen atoms in total. The molecule has 1 aliphatic rings. The molecule has 112 valence electrons. The van der Waals surface area contributed by atoms with Crippen molar-refractivity contribution in [3.63, 3.8) is 0 Å². The summed E-state index contributed by atoms with van der Waals surface area (Å²) in [6.07, 6.45) is 4.99. The van der Waals surface area contributed by atoms with Crippen LogP contribution in [-0.2, 0) is 4.74 Å². The molecule has 0 radical (unpaired) electrons. The van der Waals surface area contributed by atoms with Gasteiger partial charge in [0.05, 0.1) is 11.6 Å². The van der Waals surface area contributed by atoms with Crippen LogP contribution in [0.4, 0.5) is 0 Å². The minimum atomic E-state index is -0.275. The van der Waals surface area contributed by atoms with Crippen molar-refractivity contribution in [3.8, 4) is 0 Å². The second kappa shape index (κ2) is 6.70. The highest BCUT2D eigenvalue weighted by Crippen LogP contribution is 2.40. The van der Waals surface area contributed by atoms with Gasteiger partial charge in [0.2, 0.25) is 0 Å². The topological polar surface area (TPSA) is 39.2 Å². The molecule has 0 spiro atoms. The Bertz CT molecular complexity index is 459. The second-order valence-electron chi connectivity index (χ2n) is 6.03. The average molecular weight is 295 g/mol. The quantitative estimate of drug-likeness (QED) is 0.764. The summed E-state index contributed by atoms with van der Waals surface area (Å²) in [5.41, 5.74) is 0.526. The zero-order chi connectivity index (χ0) is 14.7. The maximum absolute atomic E-state index is 11.8. The fourth-order valence-electron chi connectivity index (χ4n) is 3.01. The molecule has 2 rings (SSSR count). The predicted molar refractivity (Wildman–Crippen MR) is 82.3 cm³/mol. The first kappa shape index (κ1) is 15.5. The van der Waals surface area contributed by atoms with Gasteiger partial charge in [-0.15, -0.1) is 11.3 Å². The van der Waals surface area contributed by atoms with Crippen LogP contribution in [0.1, 0.15) is 72.7 Å². The lowest BCUT2D eigenvalue weighted by atomic mass is 9.77. The second-order valence-corrected chi connectivity index (χ2v) is 7.27. The lowest BCUT2D eigenvalue weighted by molar-refractivity contribution is 0.0519. The van der Waals surface area contributed by atoms with Crippen LogP contribution >= 0.6 is 11.3 Å². The van der Waals surface area contributed by atoms with Gasteiger partial charge < -0.3 is 4.74 Å². The van der Waals surface area contributed by atoms with E-state index < -0.39 is 0 Å². The third-order valence-corrected chi connectivity index (χ3v) is 5.48. The first-order chi connectivity index (χ1) is 9.52. The molecule has 0 atom stereocenters. The molecule has 1 saturated carbocycles. The lowest BCUT2D eigenvalue weighted by Gasteiger charge is -2.29. The van der Waals surface area contributed by atoms with Gasteiger partial charge in [0, 0.05) is 10.8 Å². The Hall–Kier alpha value is -0.900. The number of aromatic nitrogens is 1. The molecule has 0 aliphatic heterocycles. The maximum atomic E-state index is 11.8. The lowest BCUT2D eigenvalue weighted by Crippen LogP contribution is -2.17. The number of rotatable bonds is 4. The van der Waals surface area contributed by atoms with Crippen molar-refractivity contribution in [2.75, 3.05) is 6.61 Å². The van der Waals surface area contributed by atoms with Crippen molar-refractivity contribution in [1.82, 2.24) is 4.98 Å². The molecule has 0 amide bonds. The average Bonchev–Trinajstić information content (AvgIpc) is 2.81. The Morgan fingerprint density at radius 1 is 1.35 bits per heavy atom. The fraction of sp³-hybridized carbons (Fsp3) is 0.750. The van der Waals surface area contributed by atoms with E-state index in [9.17, 15) is 4.79 Å². The molecule has 0 N–H and O–H groups in total. The summed E-state index contributed by atoms with van der Waals surface area (Å²) in [5, 5.41) is 1.13. The third kappa shape index (κ3) is 3.40. The fourth-order valence-corrected chi connectivity index (χ4v) is 4.09. The summed E-state index contributed by atoms with van der Waals surface area (Å²) in [6, 6.07) is 0. The summed E-state index contributed by atoms with van der Waals surface area (Å²) in [6.45, 7) is 8.83. The molecule has 4 heteroatoms. The van der Waals surface area contributed by atoms with E-state index in [4.69, 9.17) is 4.74 Å². The number of esters is 1. The molecule has 0 aromatic carbocycles. The van der Waals surface area contributed by atoms with E-state index in [2.05, 4.69) is 18.8 Å². The van der Waals surface area contributed by atoms with Gasteiger partial charge in [-0.05, 0) is 51.4 Å². The first-order valence-electron chi connectivity index (χ1n) is 7.67. The van der Waals surface area contributed by atoms with E-state index in [-0.39, 0.29) is 5.97 Å². The van der Waals surface area contributed by atoms with Crippen molar-refractivity contribution < 1.29 is 9.53 Å². The van der Waals surface area contributed by atoms with Crippen molar-refractivity contribution in [2.24, 2.45) is 11.8 Å². The summed E-state index contributed by atoms with van der Waals surface area (Å²) in [4.78, 5) is 17.4. The molecule has 0 bridgehead atoms. The van der Waals surface area contributed by atoms with Gasteiger partial charge in [-0.25, -0.2) is 9.78 Å². The standard InChI is InChI=1S/C16H25NO2S/c1-5-19-16(18)14-11(4)20-15(17-14)13-8-6-12(7-9-13)10(2)3/h10,12-13H,5-9H2,1-4H3. The van der Waals surface area contributed by atoms with Crippen LogP contribution in [0.3, 0.4) is 0 Å². The minimum absolute atomic E-state index is 0.275. The summed E-state index contributed by atoms with van der Waals surface area (Å²) in [7, 11) is 0. The van der Waals surface area contributed by atoms with E-state index in [1.54, 1.807) is 11.3 Å². The smallest absolute Gasteiger partial charge is 0.358 e. The van der Waals surface area contributed by atoms with Crippen LogP contribution in [0, 0.1) is 18.8 Å². The number of carbonyl (C=O) groups excluding carboxylic acids is 1. The van der Waals surface area contributed by atoms with Gasteiger partial charge in [-0.3, -0.25) is 0 Å². The number of hydrogen-bond donors (Lipinski definition) is 0. The van der Waals surface area contributed by atoms with E-state index >= 15 is 0 Å². The van der Waals surface area contributed by atoms with Crippen LogP contribution in [0.2, 0.25) is 0 Å². The molecule has 1 fully saturated rings. The summed E-state index contributed by atoms with van der Waals surface area (Å²) >= 11 is 1.67. The largest absolute Gasteiger partial charge is 0.461 e. The zero-order valence-electron chi connectivity index (χ0n) is 12.9. The highest BCUT2D eigenvalue weighted by Gasteiger charge is 2.27. The Labute approximate surface area is 125 Å². The monoisotopic (exact) mass is 295 g/mol. The van der Waals surface area contributed by atoms with Crippen LogP contribution < -0.4 is 0 Å². The number of aryl methyl sites for hydroxylation is 1. The molecule has 1 aliphatic carbocycles. The van der Waals surface area contributed by atoms with Gasteiger partial charge >= 0.3 is 5.97 Å². The first-order valence-corrected chi connectivity index (χ1v) is 8.49. The maximum Gasteiger partial charge on any atom is 0.358 e. The van der Waals surface area contributed by atoms with Crippen molar-refractivity contribution >= 4 is 17.3 Å². The van der Waals surface area contributed by atoms with Crippen LogP contribution in [-0.4, -0.2) is 17.6 Å². The van der Waals surface area contributed by atoms with E-state index in [1.807, 2.05) is 13.8 Å². The van der Waals surface area contributed by atoms with Gasteiger partial charge in [-0.1, -0.05) is 13.8 Å². The SMILES string of the molecule is CCOC(=O)c1nc(C2CCC(C(C)C)CC2)sc1C. The molecule has 1 heterocycles. The van der Waals surface area contributed by atoms with E-state index in [0.29, 0.717) is 18.2 Å². The molecular formula is C16H25NO2S. The highest BCUT2D eigenvalue weighted by atomic mass is 32.1. The Morgan fingerprint density at radius 3 is 2.55 bits per heavy atom. The van der Waals surface area contributed by atoms with Crippen LogP contribution in [0.5, 0.6) is 0 Å². The number of hydrogen-bond acceptors (Lipinski definition) is 4. The molecule has 1 aromatic rings. The predicted octanol–water partition coefficient (Wildman–Crippen LogP) is 4.56. The molecular weight excluding hydrogens is 270 g/mol. The Morgan fingerprint density at radius 2 is 2.00 bits per heavy atom. The van der Waals surface area contributed by atoms with Crippen LogP contribution in [0.25, 0.3) is 0 Å². The Kier molecular flexibility index (Phi) is 5.19. The zero-order valence-corrected chi connectivity index (χ0v) is 13.8. The Balaban J connectivity index is 2.04. The number of nitrogens with zero attached hydrogens (tertiary/aromatic N) is 1. The molecule has 0 unspecified atom stereocenters. The summed E-state index contributed by atoms with van der Waals surface area (Å²) < 4.78 is 5.06. The van der Waals surface area contributed by atoms with Crippen molar-refractivity contribution in [2.45, 2.75) is 59.3 Å².